The van der Waals surface area contributed by atoms with E-state index in [0.29, 0.717) is 36.6 Å². The molecule has 6 heteroatoms. The van der Waals surface area contributed by atoms with Gasteiger partial charge in [-0.15, -0.1) is 5.10 Å². The SMILES string of the molecule is C/C=C1/[C@@H](n2cc(C(=O)OCC)nn2)C[C@H]2[C@@H]3CCC4=CC(=O)CC[C@]4(C)[C@H]3CC[C@]12C. The van der Waals surface area contributed by atoms with Crippen molar-refractivity contribution in [2.45, 2.75) is 78.7 Å². The first-order valence-corrected chi connectivity index (χ1v) is 12.3. The van der Waals surface area contributed by atoms with Crippen molar-refractivity contribution in [1.82, 2.24) is 15.0 Å². The minimum atomic E-state index is -0.408. The molecular formula is C26H35N3O3. The maximum atomic E-state index is 12.1. The van der Waals surface area contributed by atoms with E-state index in [4.69, 9.17) is 4.74 Å². The third kappa shape index (κ3) is 3.05. The quantitative estimate of drug-likeness (QED) is 0.487. The zero-order valence-corrected chi connectivity index (χ0v) is 19.8. The monoisotopic (exact) mass is 437 g/mol. The molecule has 32 heavy (non-hydrogen) atoms. The fourth-order valence-electron chi connectivity index (χ4n) is 7.92. The van der Waals surface area contributed by atoms with Crippen molar-refractivity contribution in [3.63, 3.8) is 0 Å². The molecule has 6 nitrogen and oxygen atoms in total. The maximum absolute atomic E-state index is 12.1. The summed E-state index contributed by atoms with van der Waals surface area (Å²) in [6.07, 6.45) is 13.4. The number of carbonyl (C=O) groups is 2. The van der Waals surface area contributed by atoms with E-state index in [1.54, 1.807) is 13.1 Å². The van der Waals surface area contributed by atoms with Crippen LogP contribution >= 0.6 is 0 Å². The van der Waals surface area contributed by atoms with Crippen molar-refractivity contribution in [3.8, 4) is 0 Å². The smallest absolute Gasteiger partial charge is 0.360 e. The van der Waals surface area contributed by atoms with Crippen molar-refractivity contribution in [2.75, 3.05) is 6.61 Å². The third-order valence-electron chi connectivity index (χ3n) is 9.47. The number of fused-ring (bicyclic) bond motifs is 5. The Bertz CT molecular complexity index is 1010. The lowest BCUT2D eigenvalue weighted by Gasteiger charge is -2.57. The number of rotatable bonds is 3. The lowest BCUT2D eigenvalue weighted by atomic mass is 9.47. The van der Waals surface area contributed by atoms with Crippen LogP contribution in [0.5, 0.6) is 0 Å². The summed E-state index contributed by atoms with van der Waals surface area (Å²) < 4.78 is 7.01. The molecule has 4 aliphatic carbocycles. The second kappa shape index (κ2) is 7.67. The van der Waals surface area contributed by atoms with Crippen LogP contribution in [-0.4, -0.2) is 33.4 Å². The fraction of sp³-hybridized carbons (Fsp3) is 0.692. The Morgan fingerprint density at radius 1 is 1.22 bits per heavy atom. The summed E-state index contributed by atoms with van der Waals surface area (Å²) in [5, 5.41) is 8.47. The number of allylic oxidation sites excluding steroid dienone is 3. The van der Waals surface area contributed by atoms with E-state index in [1.807, 2.05) is 10.8 Å². The molecule has 6 atom stereocenters. The van der Waals surface area contributed by atoms with Crippen molar-refractivity contribution >= 4 is 11.8 Å². The minimum Gasteiger partial charge on any atom is -0.461 e. The van der Waals surface area contributed by atoms with Gasteiger partial charge in [-0.05, 0) is 92.6 Å². The summed E-state index contributed by atoms with van der Waals surface area (Å²) in [6.45, 7) is 9.15. The number of nitrogens with zero attached hydrogens (tertiary/aromatic N) is 3. The van der Waals surface area contributed by atoms with Gasteiger partial charge in [-0.25, -0.2) is 9.48 Å². The number of esters is 1. The molecule has 0 aliphatic heterocycles. The van der Waals surface area contributed by atoms with Gasteiger partial charge in [-0.2, -0.15) is 0 Å². The van der Waals surface area contributed by atoms with E-state index in [9.17, 15) is 9.59 Å². The molecule has 1 aromatic rings. The van der Waals surface area contributed by atoms with E-state index >= 15 is 0 Å². The third-order valence-corrected chi connectivity index (χ3v) is 9.47. The van der Waals surface area contributed by atoms with Crippen molar-refractivity contribution < 1.29 is 14.3 Å². The predicted molar refractivity (Wildman–Crippen MR) is 121 cm³/mol. The number of hydrogen-bond donors (Lipinski definition) is 0. The fourth-order valence-corrected chi connectivity index (χ4v) is 7.92. The Morgan fingerprint density at radius 3 is 2.78 bits per heavy atom. The lowest BCUT2D eigenvalue weighted by molar-refractivity contribution is -0.117. The Labute approximate surface area is 190 Å². The highest BCUT2D eigenvalue weighted by Crippen LogP contribution is 2.68. The maximum Gasteiger partial charge on any atom is 0.360 e. The molecular weight excluding hydrogens is 402 g/mol. The molecule has 0 amide bonds. The van der Waals surface area contributed by atoms with Gasteiger partial charge < -0.3 is 4.74 Å². The van der Waals surface area contributed by atoms with Gasteiger partial charge in [-0.1, -0.05) is 30.7 Å². The van der Waals surface area contributed by atoms with Crippen molar-refractivity contribution in [2.24, 2.45) is 28.6 Å². The molecule has 4 aliphatic rings. The van der Waals surface area contributed by atoms with Gasteiger partial charge in [0.05, 0.1) is 18.8 Å². The van der Waals surface area contributed by atoms with Crippen LogP contribution in [0.4, 0.5) is 0 Å². The molecule has 3 fully saturated rings. The Balaban J connectivity index is 1.46. The zero-order valence-electron chi connectivity index (χ0n) is 19.8. The predicted octanol–water partition coefficient (Wildman–Crippen LogP) is 5.08. The molecule has 0 saturated heterocycles. The van der Waals surface area contributed by atoms with Crippen LogP contribution in [0.15, 0.2) is 29.5 Å². The van der Waals surface area contributed by atoms with Crippen molar-refractivity contribution in [1.29, 1.82) is 0 Å². The molecule has 5 rings (SSSR count). The van der Waals surface area contributed by atoms with Crippen LogP contribution in [0.3, 0.4) is 0 Å². The number of ether oxygens (including phenoxy) is 1. The van der Waals surface area contributed by atoms with Gasteiger partial charge in [0, 0.05) is 6.42 Å². The molecule has 3 saturated carbocycles. The van der Waals surface area contributed by atoms with Gasteiger partial charge in [-0.3, -0.25) is 4.79 Å². The van der Waals surface area contributed by atoms with Gasteiger partial charge in [0.15, 0.2) is 11.5 Å². The van der Waals surface area contributed by atoms with E-state index < -0.39 is 5.97 Å². The largest absolute Gasteiger partial charge is 0.461 e. The molecule has 172 valence electrons. The van der Waals surface area contributed by atoms with Crippen LogP contribution in [0.2, 0.25) is 0 Å². The molecule has 0 bridgehead atoms. The van der Waals surface area contributed by atoms with E-state index in [1.165, 1.54) is 30.4 Å². The van der Waals surface area contributed by atoms with Crippen molar-refractivity contribution in [3.05, 3.63) is 35.2 Å². The summed E-state index contributed by atoms with van der Waals surface area (Å²) in [6, 6.07) is 0.141. The second-order valence-corrected chi connectivity index (χ2v) is 10.7. The van der Waals surface area contributed by atoms with Gasteiger partial charge in [0.25, 0.3) is 0 Å². The first-order chi connectivity index (χ1) is 15.3. The summed E-state index contributed by atoms with van der Waals surface area (Å²) in [5.41, 5.74) is 3.46. The summed E-state index contributed by atoms with van der Waals surface area (Å²) in [7, 11) is 0. The first kappa shape index (κ1) is 21.6. The second-order valence-electron chi connectivity index (χ2n) is 10.7. The molecule has 0 N–H and O–H groups in total. The van der Waals surface area contributed by atoms with Crippen LogP contribution in [0.25, 0.3) is 0 Å². The summed E-state index contributed by atoms with van der Waals surface area (Å²) in [4.78, 5) is 24.2. The molecule has 0 aromatic carbocycles. The lowest BCUT2D eigenvalue weighted by Crippen LogP contribution is -2.49. The number of carbonyl (C=O) groups excluding carboxylic acids is 2. The first-order valence-electron chi connectivity index (χ1n) is 12.3. The average molecular weight is 438 g/mol. The Kier molecular flexibility index (Phi) is 5.18. The summed E-state index contributed by atoms with van der Waals surface area (Å²) in [5.74, 6) is 1.81. The van der Waals surface area contributed by atoms with Gasteiger partial charge >= 0.3 is 5.97 Å². The number of aromatic nitrogens is 3. The van der Waals surface area contributed by atoms with Gasteiger partial charge in [0.1, 0.15) is 0 Å². The average Bonchev–Trinajstić information content (AvgIpc) is 3.36. The molecule has 1 aromatic heterocycles. The zero-order chi connectivity index (χ0) is 22.7. The van der Waals surface area contributed by atoms with Crippen LogP contribution in [0, 0.1) is 28.6 Å². The van der Waals surface area contributed by atoms with Crippen LogP contribution in [-0.2, 0) is 9.53 Å². The van der Waals surface area contributed by atoms with E-state index in [2.05, 4.69) is 37.2 Å². The Hall–Kier alpha value is -2.24. The standard InChI is InChI=1S/C26H35N3O3/c1-5-19-23(29-15-22(27-28-29)24(31)32-6-2)14-21-18-8-7-16-13-17(30)9-11-25(16,3)20(18)10-12-26(19,21)4/h5,13,15,18,20-21,23H,6-12,14H2,1-4H3/b19-5-/t18-,20+,21+,23+,25+,26-/m1/s1. The number of ketones is 1. The van der Waals surface area contributed by atoms with Crippen LogP contribution in [0.1, 0.15) is 89.2 Å². The normalized spacial score (nSPS) is 39.8. The minimum absolute atomic E-state index is 0.141. The Morgan fingerprint density at radius 2 is 2.03 bits per heavy atom. The summed E-state index contributed by atoms with van der Waals surface area (Å²) >= 11 is 0. The highest BCUT2D eigenvalue weighted by Gasteiger charge is 2.59. The molecule has 0 spiro atoms. The van der Waals surface area contributed by atoms with Gasteiger partial charge in [0.2, 0.25) is 0 Å². The highest BCUT2D eigenvalue weighted by molar-refractivity contribution is 5.91. The highest BCUT2D eigenvalue weighted by atomic mass is 16.5. The topological polar surface area (TPSA) is 74.1 Å². The van der Waals surface area contributed by atoms with E-state index in [0.717, 1.165) is 19.3 Å². The molecule has 0 unspecified atom stereocenters. The molecule has 1 heterocycles. The van der Waals surface area contributed by atoms with Crippen LogP contribution < -0.4 is 0 Å². The van der Waals surface area contributed by atoms with E-state index in [-0.39, 0.29) is 22.6 Å². The number of hydrogen-bond acceptors (Lipinski definition) is 5. The molecule has 0 radical (unpaired) electrons.